The molecule has 0 aromatic carbocycles. The molecular weight excluding hydrogens is 240 g/mol. The number of thioether (sulfide) groups is 1. The summed E-state index contributed by atoms with van der Waals surface area (Å²) >= 11 is 1.40. The number of rotatable bonds is 7. The number of hydrogen-bond acceptors (Lipinski definition) is 5. The molecular formula is C10H16N4O2S. The Labute approximate surface area is 104 Å². The van der Waals surface area contributed by atoms with Gasteiger partial charge in [-0.25, -0.2) is 0 Å². The second kappa shape index (κ2) is 6.02. The zero-order chi connectivity index (χ0) is 12.1. The summed E-state index contributed by atoms with van der Waals surface area (Å²) in [6, 6.07) is 0.532. The van der Waals surface area contributed by atoms with Crippen molar-refractivity contribution in [2.75, 3.05) is 18.9 Å². The van der Waals surface area contributed by atoms with E-state index in [1.54, 1.807) is 6.33 Å². The smallest absolute Gasteiger partial charge is 0.230 e. The zero-order valence-corrected chi connectivity index (χ0v) is 10.3. The van der Waals surface area contributed by atoms with Gasteiger partial charge in [-0.2, -0.15) is 0 Å². The monoisotopic (exact) mass is 256 g/mol. The summed E-state index contributed by atoms with van der Waals surface area (Å²) in [5.41, 5.74) is 0. The number of hydrogen-bond donors (Lipinski definition) is 2. The first-order valence-corrected chi connectivity index (χ1v) is 6.69. The lowest BCUT2D eigenvalue weighted by molar-refractivity contribution is -0.118. The summed E-state index contributed by atoms with van der Waals surface area (Å²) in [5.74, 6) is 0.311. The molecule has 0 aliphatic heterocycles. The number of carbonyl (C=O) groups is 1. The van der Waals surface area contributed by atoms with Gasteiger partial charge in [0.15, 0.2) is 5.16 Å². The molecule has 0 bridgehead atoms. The average molecular weight is 256 g/mol. The van der Waals surface area contributed by atoms with Gasteiger partial charge in [0.25, 0.3) is 0 Å². The number of aromatic nitrogens is 3. The maximum Gasteiger partial charge on any atom is 0.230 e. The highest BCUT2D eigenvalue weighted by Crippen LogP contribution is 2.37. The van der Waals surface area contributed by atoms with E-state index >= 15 is 0 Å². The van der Waals surface area contributed by atoms with Crippen molar-refractivity contribution in [3.63, 3.8) is 0 Å². The molecule has 1 fully saturated rings. The largest absolute Gasteiger partial charge is 0.396 e. The van der Waals surface area contributed by atoms with Gasteiger partial charge >= 0.3 is 0 Å². The molecule has 1 saturated carbocycles. The van der Waals surface area contributed by atoms with Crippen LogP contribution in [-0.2, 0) is 4.79 Å². The van der Waals surface area contributed by atoms with Crippen molar-refractivity contribution >= 4 is 17.7 Å². The van der Waals surface area contributed by atoms with Gasteiger partial charge in [0.05, 0.1) is 5.75 Å². The minimum atomic E-state index is -0.0335. The summed E-state index contributed by atoms with van der Waals surface area (Å²) in [6.45, 7) is 0.620. The molecule has 2 rings (SSSR count). The molecule has 1 aliphatic carbocycles. The third kappa shape index (κ3) is 3.71. The first-order valence-electron chi connectivity index (χ1n) is 5.71. The van der Waals surface area contributed by atoms with Crippen molar-refractivity contribution in [1.29, 1.82) is 0 Å². The molecule has 0 saturated heterocycles. The molecule has 0 radical (unpaired) electrons. The third-order valence-corrected chi connectivity index (χ3v) is 3.43. The van der Waals surface area contributed by atoms with Crippen LogP contribution in [0.1, 0.15) is 25.3 Å². The summed E-state index contributed by atoms with van der Waals surface area (Å²) in [5, 5.41) is 20.0. The highest BCUT2D eigenvalue weighted by atomic mass is 32.2. The molecule has 0 spiro atoms. The Morgan fingerprint density at radius 3 is 3.18 bits per heavy atom. The Morgan fingerprint density at radius 2 is 2.47 bits per heavy atom. The SMILES string of the molecule is O=C(CSc1nncn1C1CC1)NCCCO. The highest BCUT2D eigenvalue weighted by Gasteiger charge is 2.26. The molecule has 1 aliphatic rings. The number of carbonyl (C=O) groups excluding carboxylic acids is 1. The Balaban J connectivity index is 1.73. The average Bonchev–Trinajstić information content (AvgIpc) is 3.06. The van der Waals surface area contributed by atoms with Gasteiger partial charge < -0.3 is 15.0 Å². The lowest BCUT2D eigenvalue weighted by atomic mass is 10.4. The van der Waals surface area contributed by atoms with Crippen LogP contribution in [0.15, 0.2) is 11.5 Å². The van der Waals surface area contributed by atoms with Crippen molar-refractivity contribution in [2.45, 2.75) is 30.5 Å². The van der Waals surface area contributed by atoms with E-state index < -0.39 is 0 Å². The first kappa shape index (κ1) is 12.4. The molecule has 0 unspecified atom stereocenters. The number of nitrogens with one attached hydrogen (secondary N) is 1. The molecule has 6 nitrogen and oxygen atoms in total. The number of amides is 1. The molecule has 1 heterocycles. The van der Waals surface area contributed by atoms with Crippen LogP contribution in [0.3, 0.4) is 0 Å². The summed E-state index contributed by atoms with van der Waals surface area (Å²) < 4.78 is 2.03. The van der Waals surface area contributed by atoms with Crippen LogP contribution in [-0.4, -0.2) is 44.7 Å². The van der Waals surface area contributed by atoms with Crippen LogP contribution >= 0.6 is 11.8 Å². The van der Waals surface area contributed by atoms with Crippen LogP contribution in [0.25, 0.3) is 0 Å². The summed E-state index contributed by atoms with van der Waals surface area (Å²) in [7, 11) is 0. The van der Waals surface area contributed by atoms with Crippen LogP contribution in [0.5, 0.6) is 0 Å². The minimum absolute atomic E-state index is 0.0335. The first-order chi connectivity index (χ1) is 8.31. The molecule has 17 heavy (non-hydrogen) atoms. The Morgan fingerprint density at radius 1 is 1.65 bits per heavy atom. The van der Waals surface area contributed by atoms with E-state index in [0.29, 0.717) is 24.8 Å². The van der Waals surface area contributed by atoms with Crippen molar-refractivity contribution < 1.29 is 9.90 Å². The van der Waals surface area contributed by atoms with Crippen LogP contribution in [0.2, 0.25) is 0 Å². The fraction of sp³-hybridized carbons (Fsp3) is 0.700. The highest BCUT2D eigenvalue weighted by molar-refractivity contribution is 7.99. The fourth-order valence-corrected chi connectivity index (χ4v) is 2.24. The quantitative estimate of drug-likeness (QED) is 0.538. The van der Waals surface area contributed by atoms with E-state index in [9.17, 15) is 4.79 Å². The zero-order valence-electron chi connectivity index (χ0n) is 9.50. The van der Waals surface area contributed by atoms with Crippen LogP contribution in [0, 0.1) is 0 Å². The molecule has 1 amide bonds. The van der Waals surface area contributed by atoms with Crippen molar-refractivity contribution in [2.24, 2.45) is 0 Å². The van der Waals surface area contributed by atoms with E-state index in [0.717, 1.165) is 5.16 Å². The van der Waals surface area contributed by atoms with E-state index in [1.165, 1.54) is 24.6 Å². The Hall–Kier alpha value is -1.08. The predicted octanol–water partition coefficient (Wildman–Crippen LogP) is 0.204. The number of nitrogens with zero attached hydrogens (tertiary/aromatic N) is 3. The van der Waals surface area contributed by atoms with Crippen molar-refractivity contribution in [3.8, 4) is 0 Å². The molecule has 0 atom stereocenters. The van der Waals surface area contributed by atoms with E-state index in [2.05, 4.69) is 15.5 Å². The van der Waals surface area contributed by atoms with Crippen LogP contribution in [0.4, 0.5) is 0 Å². The normalized spacial score (nSPS) is 14.9. The molecule has 1 aromatic rings. The molecule has 1 aromatic heterocycles. The van der Waals surface area contributed by atoms with E-state index in [4.69, 9.17) is 5.11 Å². The molecule has 94 valence electrons. The molecule has 7 heteroatoms. The van der Waals surface area contributed by atoms with Gasteiger partial charge in [-0.1, -0.05) is 11.8 Å². The second-order valence-electron chi connectivity index (χ2n) is 3.97. The van der Waals surface area contributed by atoms with E-state index in [1.807, 2.05) is 4.57 Å². The fourth-order valence-electron chi connectivity index (χ4n) is 1.43. The summed E-state index contributed by atoms with van der Waals surface area (Å²) in [4.78, 5) is 11.4. The van der Waals surface area contributed by atoms with Gasteiger partial charge in [0.2, 0.25) is 5.91 Å². The Kier molecular flexibility index (Phi) is 4.38. The number of aliphatic hydroxyl groups is 1. The predicted molar refractivity (Wildman–Crippen MR) is 63.7 cm³/mol. The lowest BCUT2D eigenvalue weighted by Gasteiger charge is -2.05. The van der Waals surface area contributed by atoms with Crippen molar-refractivity contribution in [3.05, 3.63) is 6.33 Å². The topological polar surface area (TPSA) is 80.0 Å². The van der Waals surface area contributed by atoms with Gasteiger partial charge in [-0.3, -0.25) is 4.79 Å². The van der Waals surface area contributed by atoms with Crippen molar-refractivity contribution in [1.82, 2.24) is 20.1 Å². The third-order valence-electron chi connectivity index (χ3n) is 2.47. The summed E-state index contributed by atoms with van der Waals surface area (Å²) in [6.07, 6.45) is 4.67. The number of aliphatic hydroxyl groups excluding tert-OH is 1. The van der Waals surface area contributed by atoms with E-state index in [-0.39, 0.29) is 12.5 Å². The lowest BCUT2D eigenvalue weighted by Crippen LogP contribution is -2.26. The second-order valence-corrected chi connectivity index (χ2v) is 4.91. The minimum Gasteiger partial charge on any atom is -0.396 e. The van der Waals surface area contributed by atoms with Crippen LogP contribution < -0.4 is 5.32 Å². The standard InChI is InChI=1S/C10H16N4O2S/c15-5-1-4-11-9(16)6-17-10-13-12-7-14(10)8-2-3-8/h7-8,15H,1-6H2,(H,11,16). The van der Waals surface area contributed by atoms with Gasteiger partial charge in [0, 0.05) is 19.2 Å². The van der Waals surface area contributed by atoms with Gasteiger partial charge in [-0.15, -0.1) is 10.2 Å². The molecule has 2 N–H and O–H groups in total. The van der Waals surface area contributed by atoms with Gasteiger partial charge in [-0.05, 0) is 19.3 Å². The maximum atomic E-state index is 11.4. The Bertz CT molecular complexity index is 378. The maximum absolute atomic E-state index is 11.4. The van der Waals surface area contributed by atoms with Gasteiger partial charge in [0.1, 0.15) is 6.33 Å².